The maximum atomic E-state index is 13.1. The molecule has 0 aromatic heterocycles. The van der Waals surface area contributed by atoms with Crippen LogP contribution in [0.3, 0.4) is 0 Å². The Kier molecular flexibility index (Phi) is 4.61. The van der Waals surface area contributed by atoms with Crippen molar-refractivity contribution in [2.75, 3.05) is 5.73 Å². The van der Waals surface area contributed by atoms with Gasteiger partial charge in [0, 0.05) is 16.6 Å². The van der Waals surface area contributed by atoms with E-state index in [1.807, 2.05) is 6.92 Å². The van der Waals surface area contributed by atoms with Crippen molar-refractivity contribution in [1.29, 1.82) is 0 Å². The summed E-state index contributed by atoms with van der Waals surface area (Å²) in [6, 6.07) is 4.62. The summed E-state index contributed by atoms with van der Waals surface area (Å²) in [7, 11) is 0. The third-order valence-electron chi connectivity index (χ3n) is 2.07. The van der Waals surface area contributed by atoms with Crippen LogP contribution in [0.15, 0.2) is 23.1 Å². The average Bonchev–Trinajstić information content (AvgIpc) is 2.21. The summed E-state index contributed by atoms with van der Waals surface area (Å²) in [4.78, 5) is 11.1. The van der Waals surface area contributed by atoms with Gasteiger partial charge in [0.05, 0.1) is 5.69 Å². The number of rotatable bonds is 5. The van der Waals surface area contributed by atoms with E-state index in [-0.39, 0.29) is 17.4 Å². The number of hydrogen-bond acceptors (Lipinski definition) is 3. The predicted molar refractivity (Wildman–Crippen MR) is 63.0 cm³/mol. The van der Waals surface area contributed by atoms with E-state index in [0.29, 0.717) is 6.42 Å². The smallest absolute Gasteiger partial charge is 0.303 e. The molecule has 88 valence electrons. The molecule has 0 amide bonds. The van der Waals surface area contributed by atoms with Gasteiger partial charge in [0.1, 0.15) is 5.82 Å². The van der Waals surface area contributed by atoms with E-state index in [1.165, 1.54) is 23.9 Å². The summed E-state index contributed by atoms with van der Waals surface area (Å²) in [5, 5.41) is 8.66. The normalized spacial score (nSPS) is 12.4. The highest BCUT2D eigenvalue weighted by Crippen LogP contribution is 2.27. The van der Waals surface area contributed by atoms with Crippen LogP contribution in [0.4, 0.5) is 10.1 Å². The van der Waals surface area contributed by atoms with E-state index in [2.05, 4.69) is 0 Å². The van der Waals surface area contributed by atoms with E-state index in [1.54, 1.807) is 6.07 Å². The van der Waals surface area contributed by atoms with Gasteiger partial charge < -0.3 is 10.8 Å². The van der Waals surface area contributed by atoms with E-state index in [4.69, 9.17) is 10.8 Å². The van der Waals surface area contributed by atoms with Gasteiger partial charge in [0.2, 0.25) is 0 Å². The Balaban J connectivity index is 2.52. The molecule has 1 aromatic rings. The molecule has 0 fully saturated rings. The van der Waals surface area contributed by atoms with Gasteiger partial charge in [0.15, 0.2) is 0 Å². The van der Waals surface area contributed by atoms with Gasteiger partial charge in [-0.15, -0.1) is 11.8 Å². The highest BCUT2D eigenvalue weighted by Gasteiger charge is 2.08. The second-order valence-electron chi connectivity index (χ2n) is 3.54. The van der Waals surface area contributed by atoms with Crippen molar-refractivity contribution < 1.29 is 14.3 Å². The summed E-state index contributed by atoms with van der Waals surface area (Å²) >= 11 is 1.45. The van der Waals surface area contributed by atoms with Gasteiger partial charge in [-0.25, -0.2) is 4.39 Å². The Morgan fingerprint density at radius 3 is 2.88 bits per heavy atom. The van der Waals surface area contributed by atoms with Gasteiger partial charge in [0.25, 0.3) is 0 Å². The lowest BCUT2D eigenvalue weighted by Crippen LogP contribution is -2.02. The molecular weight excluding hydrogens is 229 g/mol. The van der Waals surface area contributed by atoms with Gasteiger partial charge in [-0.2, -0.15) is 0 Å². The minimum Gasteiger partial charge on any atom is -0.481 e. The quantitative estimate of drug-likeness (QED) is 0.616. The Labute approximate surface area is 97.8 Å². The largest absolute Gasteiger partial charge is 0.481 e. The number of anilines is 1. The number of carbonyl (C=O) groups is 1. The maximum Gasteiger partial charge on any atom is 0.303 e. The van der Waals surface area contributed by atoms with Crippen molar-refractivity contribution >= 4 is 23.4 Å². The van der Waals surface area contributed by atoms with Crippen LogP contribution < -0.4 is 5.73 Å². The summed E-state index contributed by atoms with van der Waals surface area (Å²) in [5.74, 6) is -1.24. The van der Waals surface area contributed by atoms with Crippen LogP contribution in [0.1, 0.15) is 19.8 Å². The van der Waals surface area contributed by atoms with Gasteiger partial charge in [-0.3, -0.25) is 4.79 Å². The van der Waals surface area contributed by atoms with Crippen LogP contribution in [0.25, 0.3) is 0 Å². The first-order valence-corrected chi connectivity index (χ1v) is 5.80. The molecule has 0 heterocycles. The Morgan fingerprint density at radius 1 is 1.62 bits per heavy atom. The number of hydrogen-bond donors (Lipinski definition) is 2. The molecule has 1 unspecified atom stereocenters. The van der Waals surface area contributed by atoms with Crippen LogP contribution in [0, 0.1) is 5.82 Å². The second kappa shape index (κ2) is 5.75. The fourth-order valence-corrected chi connectivity index (χ4v) is 2.22. The molecule has 0 aliphatic heterocycles. The molecule has 0 spiro atoms. The van der Waals surface area contributed by atoms with Gasteiger partial charge in [-0.05, 0) is 24.6 Å². The summed E-state index contributed by atoms with van der Waals surface area (Å²) in [5.41, 5.74) is 5.48. The molecule has 0 saturated carbocycles. The first-order valence-electron chi connectivity index (χ1n) is 4.92. The van der Waals surface area contributed by atoms with E-state index < -0.39 is 11.8 Å². The predicted octanol–water partition coefficient (Wildman–Crippen LogP) is 2.75. The number of halogens is 1. The lowest BCUT2D eigenvalue weighted by atomic mass is 10.2. The third kappa shape index (κ3) is 4.10. The average molecular weight is 243 g/mol. The maximum absolute atomic E-state index is 13.1. The molecule has 0 aliphatic carbocycles. The Hall–Kier alpha value is -1.23. The lowest BCUT2D eigenvalue weighted by molar-refractivity contribution is -0.137. The molecular formula is C11H14FNO2S. The van der Waals surface area contributed by atoms with Crippen LogP contribution in [0.5, 0.6) is 0 Å². The van der Waals surface area contributed by atoms with Crippen molar-refractivity contribution in [1.82, 2.24) is 0 Å². The molecule has 16 heavy (non-hydrogen) atoms. The number of nitrogen functional groups attached to an aromatic ring is 1. The molecule has 3 nitrogen and oxygen atoms in total. The minimum atomic E-state index is -0.809. The molecule has 1 atom stereocenters. The van der Waals surface area contributed by atoms with E-state index >= 15 is 0 Å². The lowest BCUT2D eigenvalue weighted by Gasteiger charge is -2.10. The van der Waals surface area contributed by atoms with Crippen LogP contribution in [0.2, 0.25) is 0 Å². The van der Waals surface area contributed by atoms with Gasteiger partial charge in [-0.1, -0.05) is 6.92 Å². The van der Waals surface area contributed by atoms with Crippen LogP contribution in [-0.4, -0.2) is 16.3 Å². The molecule has 0 radical (unpaired) electrons. The molecule has 3 N–H and O–H groups in total. The first kappa shape index (κ1) is 12.8. The monoisotopic (exact) mass is 243 g/mol. The Morgan fingerprint density at radius 2 is 2.31 bits per heavy atom. The molecule has 0 aliphatic rings. The standard InChI is InChI=1S/C11H14FNO2S/c1-7(2-5-11(14)15)16-8-3-4-10(13)9(12)6-8/h3-4,6-7H,2,5,13H2,1H3,(H,14,15). The topological polar surface area (TPSA) is 63.3 Å². The number of thioether (sulfide) groups is 1. The summed E-state index contributed by atoms with van der Waals surface area (Å²) in [6.45, 7) is 1.92. The number of nitrogens with two attached hydrogens (primary N) is 1. The van der Waals surface area contributed by atoms with Crippen molar-refractivity contribution in [3.63, 3.8) is 0 Å². The fourth-order valence-electron chi connectivity index (χ4n) is 1.20. The third-order valence-corrected chi connectivity index (χ3v) is 3.24. The Bertz CT molecular complexity index is 384. The number of benzene rings is 1. The second-order valence-corrected chi connectivity index (χ2v) is 5.06. The van der Waals surface area contributed by atoms with E-state index in [0.717, 1.165) is 4.90 Å². The molecule has 1 aromatic carbocycles. The highest BCUT2D eigenvalue weighted by molar-refractivity contribution is 7.99. The molecule has 0 bridgehead atoms. The van der Waals surface area contributed by atoms with Gasteiger partial charge >= 0.3 is 5.97 Å². The molecule has 5 heteroatoms. The van der Waals surface area contributed by atoms with Crippen LogP contribution in [-0.2, 0) is 4.79 Å². The highest BCUT2D eigenvalue weighted by atomic mass is 32.2. The number of aliphatic carboxylic acids is 1. The SMILES string of the molecule is CC(CCC(=O)O)Sc1ccc(N)c(F)c1. The zero-order valence-corrected chi connectivity index (χ0v) is 9.76. The first-order chi connectivity index (χ1) is 7.49. The molecule has 0 saturated heterocycles. The summed E-state index contributed by atoms with van der Waals surface area (Å²) < 4.78 is 13.1. The van der Waals surface area contributed by atoms with Crippen molar-refractivity contribution in [3.8, 4) is 0 Å². The minimum absolute atomic E-state index is 0.127. The van der Waals surface area contributed by atoms with Crippen molar-refractivity contribution in [3.05, 3.63) is 24.0 Å². The van der Waals surface area contributed by atoms with Crippen LogP contribution >= 0.6 is 11.8 Å². The number of carboxylic acids is 1. The van der Waals surface area contributed by atoms with Crippen molar-refractivity contribution in [2.24, 2.45) is 0 Å². The fraction of sp³-hybridized carbons (Fsp3) is 0.364. The zero-order chi connectivity index (χ0) is 12.1. The molecule has 1 rings (SSSR count). The van der Waals surface area contributed by atoms with Crippen molar-refractivity contribution in [2.45, 2.75) is 29.9 Å². The zero-order valence-electron chi connectivity index (χ0n) is 8.94. The number of carboxylic acid groups (broad SMARTS) is 1. The van der Waals surface area contributed by atoms with E-state index in [9.17, 15) is 9.18 Å². The summed E-state index contributed by atoms with van der Waals surface area (Å²) in [6.07, 6.45) is 0.692.